The maximum atomic E-state index is 10.7. The monoisotopic (exact) mass is 338 g/mol. The van der Waals surface area contributed by atoms with Crippen LogP contribution in [0.3, 0.4) is 0 Å². The van der Waals surface area contributed by atoms with Crippen LogP contribution in [0.5, 0.6) is 0 Å². The Morgan fingerprint density at radius 2 is 1.50 bits per heavy atom. The fourth-order valence-electron chi connectivity index (χ4n) is 1.49. The molecule has 0 amide bonds. The van der Waals surface area contributed by atoms with Gasteiger partial charge in [-0.05, 0) is 17.3 Å². The third kappa shape index (κ3) is 12.0. The molecule has 2 nitrogen and oxygen atoms in total. The van der Waals surface area contributed by atoms with Crippen molar-refractivity contribution in [3.63, 3.8) is 0 Å². The molecule has 94 valence electrons. The van der Waals surface area contributed by atoms with Gasteiger partial charge in [-0.2, -0.15) is 0 Å². The van der Waals surface area contributed by atoms with Crippen LogP contribution < -0.4 is 0 Å². The molecule has 0 atom stereocenters. The second-order valence-corrected chi connectivity index (χ2v) is 4.97. The van der Waals surface area contributed by atoms with Crippen LogP contribution in [0, 0.1) is 0 Å². The largest absolute Gasteiger partial charge is 0.463 e. The molecule has 0 heterocycles. The van der Waals surface area contributed by atoms with Crippen molar-refractivity contribution in [1.29, 1.82) is 0 Å². The molecule has 0 unspecified atom stereocenters. The summed E-state index contributed by atoms with van der Waals surface area (Å²) in [6.07, 6.45) is 11.4. The van der Waals surface area contributed by atoms with Gasteiger partial charge in [0.25, 0.3) is 0 Å². The molecule has 0 fully saturated rings. The normalized spacial score (nSPS) is 10.1. The van der Waals surface area contributed by atoms with Gasteiger partial charge >= 0.3 is 5.97 Å². The Morgan fingerprint density at radius 1 is 1.00 bits per heavy atom. The van der Waals surface area contributed by atoms with Crippen molar-refractivity contribution in [2.45, 2.75) is 51.4 Å². The van der Waals surface area contributed by atoms with E-state index in [1.165, 1.54) is 49.0 Å². The zero-order valence-corrected chi connectivity index (χ0v) is 12.2. The predicted molar refractivity (Wildman–Crippen MR) is 77.0 cm³/mol. The quantitative estimate of drug-likeness (QED) is 0.185. The molecule has 0 bridgehead atoms. The molecule has 16 heavy (non-hydrogen) atoms. The van der Waals surface area contributed by atoms with Crippen molar-refractivity contribution in [2.24, 2.45) is 0 Å². The summed E-state index contributed by atoms with van der Waals surface area (Å²) in [6, 6.07) is 0. The number of ether oxygens (including phenoxy) is 1. The highest BCUT2D eigenvalue weighted by Gasteiger charge is 1.95. The summed E-state index contributed by atoms with van der Waals surface area (Å²) in [5.41, 5.74) is 0. The number of hydrogen-bond acceptors (Lipinski definition) is 2. The molecule has 0 rings (SSSR count). The Morgan fingerprint density at radius 3 is 2.00 bits per heavy atom. The first-order valence-electron chi connectivity index (χ1n) is 6.16. The minimum absolute atomic E-state index is 0.307. The van der Waals surface area contributed by atoms with Crippen LogP contribution in [0.15, 0.2) is 12.7 Å². The Labute approximate surface area is 113 Å². The molecule has 3 heteroatoms. The molecule has 0 radical (unpaired) electrons. The topological polar surface area (TPSA) is 26.3 Å². The van der Waals surface area contributed by atoms with E-state index in [0.29, 0.717) is 6.61 Å². The van der Waals surface area contributed by atoms with Crippen LogP contribution in [0.1, 0.15) is 51.4 Å². The van der Waals surface area contributed by atoms with Crippen LogP contribution in [0.4, 0.5) is 0 Å². The fraction of sp³-hybridized carbons (Fsp3) is 0.769. The zero-order chi connectivity index (χ0) is 12.1. The Hall–Kier alpha value is -0.0600. The molecule has 0 saturated heterocycles. The van der Waals surface area contributed by atoms with Gasteiger partial charge in [-0.25, -0.2) is 4.79 Å². The molecule has 0 aromatic heterocycles. The second kappa shape index (κ2) is 13.0. The van der Waals surface area contributed by atoms with Crippen molar-refractivity contribution in [1.82, 2.24) is 0 Å². The Balaban J connectivity index is 2.98. The van der Waals surface area contributed by atoms with Gasteiger partial charge in [-0.3, -0.25) is 0 Å². The Bertz CT molecular complexity index is 181. The van der Waals surface area contributed by atoms with E-state index in [1.54, 1.807) is 0 Å². The van der Waals surface area contributed by atoms with Crippen molar-refractivity contribution in [3.05, 3.63) is 12.7 Å². The minimum atomic E-state index is -0.307. The lowest BCUT2D eigenvalue weighted by Gasteiger charge is -2.02. The summed E-state index contributed by atoms with van der Waals surface area (Å²) in [4.78, 5) is 10.7. The summed E-state index contributed by atoms with van der Waals surface area (Å²) in [7, 11) is 0. The van der Waals surface area contributed by atoms with E-state index in [2.05, 4.69) is 29.2 Å². The van der Waals surface area contributed by atoms with Crippen LogP contribution in [-0.4, -0.2) is 17.0 Å². The van der Waals surface area contributed by atoms with Gasteiger partial charge in [-0.1, -0.05) is 67.7 Å². The number of unbranched alkanes of at least 4 members (excludes halogenated alkanes) is 7. The fourth-order valence-corrected chi connectivity index (χ4v) is 2.03. The van der Waals surface area contributed by atoms with Gasteiger partial charge in [0.05, 0.1) is 6.61 Å². The van der Waals surface area contributed by atoms with Gasteiger partial charge in [0.2, 0.25) is 0 Å². The molecule has 0 aromatic carbocycles. The van der Waals surface area contributed by atoms with Gasteiger partial charge in [0.15, 0.2) is 0 Å². The number of rotatable bonds is 11. The molecular formula is C13H23IO2. The summed E-state index contributed by atoms with van der Waals surface area (Å²) >= 11 is 2.43. The van der Waals surface area contributed by atoms with E-state index < -0.39 is 0 Å². The molecule has 0 N–H and O–H groups in total. The van der Waals surface area contributed by atoms with Crippen molar-refractivity contribution in [3.8, 4) is 0 Å². The highest BCUT2D eigenvalue weighted by molar-refractivity contribution is 14.1. The number of alkyl halides is 1. The minimum Gasteiger partial charge on any atom is -0.463 e. The standard InChI is InChI=1S/C13H23IO2/c1-2-13(15)16-12-10-8-6-4-3-5-7-9-11-14/h2H,1,3-12H2. The lowest BCUT2D eigenvalue weighted by atomic mass is 10.1. The average Bonchev–Trinajstić information content (AvgIpc) is 2.31. The van der Waals surface area contributed by atoms with Crippen LogP contribution >= 0.6 is 22.6 Å². The maximum absolute atomic E-state index is 10.7. The molecule has 0 spiro atoms. The summed E-state index contributed by atoms with van der Waals surface area (Å²) in [5.74, 6) is -0.307. The van der Waals surface area contributed by atoms with Gasteiger partial charge in [0, 0.05) is 6.08 Å². The third-order valence-electron chi connectivity index (χ3n) is 2.44. The Kier molecular flexibility index (Phi) is 13.0. The highest BCUT2D eigenvalue weighted by atomic mass is 127. The number of halogens is 1. The van der Waals surface area contributed by atoms with E-state index in [0.717, 1.165) is 12.8 Å². The van der Waals surface area contributed by atoms with E-state index >= 15 is 0 Å². The van der Waals surface area contributed by atoms with E-state index in [1.807, 2.05) is 0 Å². The van der Waals surface area contributed by atoms with Gasteiger partial charge < -0.3 is 4.74 Å². The van der Waals surface area contributed by atoms with Crippen molar-refractivity contribution >= 4 is 28.6 Å². The zero-order valence-electron chi connectivity index (χ0n) is 10.0. The molecule has 0 aliphatic rings. The number of carbonyl (C=O) groups excluding carboxylic acids is 1. The second-order valence-electron chi connectivity index (χ2n) is 3.89. The van der Waals surface area contributed by atoms with Crippen molar-refractivity contribution in [2.75, 3.05) is 11.0 Å². The number of carbonyl (C=O) groups is 1. The lowest BCUT2D eigenvalue weighted by Crippen LogP contribution is -2.01. The number of esters is 1. The van der Waals surface area contributed by atoms with Crippen LogP contribution in [0.2, 0.25) is 0 Å². The number of hydrogen-bond donors (Lipinski definition) is 0. The molecule has 0 aliphatic heterocycles. The van der Waals surface area contributed by atoms with E-state index in [-0.39, 0.29) is 5.97 Å². The first kappa shape index (κ1) is 15.9. The summed E-state index contributed by atoms with van der Waals surface area (Å²) in [6.45, 7) is 3.89. The average molecular weight is 338 g/mol. The molecule has 0 aromatic rings. The highest BCUT2D eigenvalue weighted by Crippen LogP contribution is 2.09. The SMILES string of the molecule is C=CC(=O)OCCCCCCCCCCI. The first-order chi connectivity index (χ1) is 7.81. The molecule has 0 saturated carbocycles. The van der Waals surface area contributed by atoms with Crippen LogP contribution in [-0.2, 0) is 9.53 Å². The van der Waals surface area contributed by atoms with Gasteiger partial charge in [-0.15, -0.1) is 0 Å². The summed E-state index contributed by atoms with van der Waals surface area (Å²) in [5, 5.41) is 0. The van der Waals surface area contributed by atoms with Crippen LogP contribution in [0.25, 0.3) is 0 Å². The molecule has 0 aliphatic carbocycles. The maximum Gasteiger partial charge on any atom is 0.330 e. The first-order valence-corrected chi connectivity index (χ1v) is 7.69. The van der Waals surface area contributed by atoms with E-state index in [4.69, 9.17) is 4.74 Å². The molecular weight excluding hydrogens is 315 g/mol. The lowest BCUT2D eigenvalue weighted by molar-refractivity contribution is -0.137. The summed E-state index contributed by atoms with van der Waals surface area (Å²) < 4.78 is 6.18. The third-order valence-corrected chi connectivity index (χ3v) is 3.20. The smallest absolute Gasteiger partial charge is 0.330 e. The van der Waals surface area contributed by atoms with E-state index in [9.17, 15) is 4.79 Å². The van der Waals surface area contributed by atoms with Gasteiger partial charge in [0.1, 0.15) is 0 Å². The van der Waals surface area contributed by atoms with Crippen molar-refractivity contribution < 1.29 is 9.53 Å². The predicted octanol–water partition coefficient (Wildman–Crippen LogP) is 4.27.